The molecule has 0 unspecified atom stereocenters. The second kappa shape index (κ2) is 11.3. The summed E-state index contributed by atoms with van der Waals surface area (Å²) in [6.07, 6.45) is 11.5. The molecule has 120 valence electrons. The van der Waals surface area contributed by atoms with Crippen LogP contribution in [0.25, 0.3) is 0 Å². The predicted octanol–water partition coefficient (Wildman–Crippen LogP) is 6.32. The van der Waals surface area contributed by atoms with Crippen molar-refractivity contribution in [1.29, 1.82) is 0 Å². The number of unbranched alkanes of at least 4 members (excludes halogenated alkanes) is 8. The topological polar surface area (TPSA) is 29.1 Å². The van der Waals surface area contributed by atoms with E-state index < -0.39 is 0 Å². The zero-order valence-corrected chi connectivity index (χ0v) is 15.0. The fourth-order valence-electron chi connectivity index (χ4n) is 2.18. The van der Waals surface area contributed by atoms with Crippen LogP contribution in [0.2, 0.25) is 9.36 Å². The van der Waals surface area contributed by atoms with Crippen LogP contribution in [0.4, 0.5) is 0 Å². The van der Waals surface area contributed by atoms with Crippen LogP contribution in [0.1, 0.15) is 74.4 Å². The Hall–Kier alpha value is -0.250. The Morgan fingerprint density at radius 1 is 1.05 bits per heavy atom. The Kier molecular flexibility index (Phi) is 10.1. The molecule has 0 bridgehead atoms. The summed E-state index contributed by atoms with van der Waals surface area (Å²) in [5.41, 5.74) is 0. The van der Waals surface area contributed by atoms with Crippen LogP contribution < -0.4 is 5.32 Å². The molecule has 1 rings (SSSR count). The molecule has 0 saturated carbocycles. The second-order valence-corrected chi connectivity index (χ2v) is 7.38. The van der Waals surface area contributed by atoms with Crippen molar-refractivity contribution in [3.05, 3.63) is 20.3 Å². The second-order valence-electron chi connectivity index (χ2n) is 5.32. The van der Waals surface area contributed by atoms with E-state index in [0.29, 0.717) is 14.2 Å². The highest BCUT2D eigenvalue weighted by molar-refractivity contribution is 7.18. The van der Waals surface area contributed by atoms with E-state index in [1.807, 2.05) is 0 Å². The lowest BCUT2D eigenvalue weighted by Gasteiger charge is -2.04. The fraction of sp³-hybridized carbons (Fsp3) is 0.688. The third-order valence-electron chi connectivity index (χ3n) is 3.43. The van der Waals surface area contributed by atoms with Crippen molar-refractivity contribution in [2.24, 2.45) is 0 Å². The molecule has 0 aliphatic heterocycles. The van der Waals surface area contributed by atoms with Crippen LogP contribution in [0.15, 0.2) is 6.07 Å². The van der Waals surface area contributed by atoms with Crippen LogP contribution in [-0.2, 0) is 0 Å². The molecule has 0 aromatic carbocycles. The maximum Gasteiger partial charge on any atom is 0.261 e. The lowest BCUT2D eigenvalue weighted by atomic mass is 10.1. The zero-order valence-electron chi connectivity index (χ0n) is 12.7. The van der Waals surface area contributed by atoms with Gasteiger partial charge in [0.1, 0.15) is 4.34 Å². The van der Waals surface area contributed by atoms with Crippen molar-refractivity contribution in [3.63, 3.8) is 0 Å². The summed E-state index contributed by atoms with van der Waals surface area (Å²) >= 11 is 12.9. The molecule has 1 heterocycles. The van der Waals surface area contributed by atoms with Gasteiger partial charge in [0.15, 0.2) is 0 Å². The standard InChI is InChI=1S/C16H25Cl2NOS/c1-2-3-4-5-6-7-8-9-10-11-19-16(20)14-12-13(17)15(18)21-14/h12H,2-11H2,1H3,(H,19,20). The van der Waals surface area contributed by atoms with Crippen molar-refractivity contribution in [2.45, 2.75) is 64.7 Å². The van der Waals surface area contributed by atoms with Crippen LogP contribution in [0.5, 0.6) is 0 Å². The summed E-state index contributed by atoms with van der Waals surface area (Å²) in [5, 5.41) is 3.37. The lowest BCUT2D eigenvalue weighted by molar-refractivity contribution is 0.0957. The van der Waals surface area contributed by atoms with E-state index in [0.717, 1.165) is 13.0 Å². The Bertz CT molecular complexity index is 401. The van der Waals surface area contributed by atoms with Gasteiger partial charge in [0.05, 0.1) is 9.90 Å². The highest BCUT2D eigenvalue weighted by atomic mass is 35.5. The first kappa shape index (κ1) is 18.8. The number of carbonyl (C=O) groups excluding carboxylic acids is 1. The minimum atomic E-state index is -0.0756. The van der Waals surface area contributed by atoms with Crippen molar-refractivity contribution < 1.29 is 4.79 Å². The molecular weight excluding hydrogens is 325 g/mol. The maximum atomic E-state index is 11.8. The molecule has 0 atom stereocenters. The zero-order chi connectivity index (χ0) is 15.5. The summed E-state index contributed by atoms with van der Waals surface area (Å²) in [6.45, 7) is 2.97. The summed E-state index contributed by atoms with van der Waals surface area (Å²) in [4.78, 5) is 12.4. The Morgan fingerprint density at radius 2 is 1.62 bits per heavy atom. The van der Waals surface area contributed by atoms with E-state index >= 15 is 0 Å². The summed E-state index contributed by atoms with van der Waals surface area (Å²) in [5.74, 6) is -0.0756. The molecule has 0 aliphatic rings. The molecule has 2 nitrogen and oxygen atoms in total. The average Bonchev–Trinajstić information content (AvgIpc) is 2.80. The fourth-order valence-corrected chi connectivity index (χ4v) is 3.47. The van der Waals surface area contributed by atoms with E-state index in [-0.39, 0.29) is 5.91 Å². The van der Waals surface area contributed by atoms with Gasteiger partial charge >= 0.3 is 0 Å². The summed E-state index contributed by atoms with van der Waals surface area (Å²) < 4.78 is 0.477. The molecular formula is C16H25Cl2NOS. The number of halogens is 2. The van der Waals surface area contributed by atoms with Crippen LogP contribution in [0.3, 0.4) is 0 Å². The van der Waals surface area contributed by atoms with Gasteiger partial charge in [-0.25, -0.2) is 0 Å². The summed E-state index contributed by atoms with van der Waals surface area (Å²) in [6, 6.07) is 1.63. The van der Waals surface area contributed by atoms with Gasteiger partial charge in [-0.15, -0.1) is 11.3 Å². The molecule has 0 radical (unpaired) electrons. The van der Waals surface area contributed by atoms with Gasteiger partial charge in [0, 0.05) is 6.54 Å². The number of rotatable bonds is 11. The molecule has 5 heteroatoms. The number of amides is 1. The molecule has 1 aromatic rings. The van der Waals surface area contributed by atoms with Gasteiger partial charge in [-0.2, -0.15) is 0 Å². The molecule has 0 fully saturated rings. The molecule has 21 heavy (non-hydrogen) atoms. The number of nitrogens with one attached hydrogen (secondary N) is 1. The monoisotopic (exact) mass is 349 g/mol. The number of hydrogen-bond acceptors (Lipinski definition) is 2. The predicted molar refractivity (Wildman–Crippen MR) is 93.9 cm³/mol. The first-order chi connectivity index (χ1) is 10.1. The van der Waals surface area contributed by atoms with E-state index in [9.17, 15) is 4.79 Å². The first-order valence-electron chi connectivity index (χ1n) is 7.88. The number of thiophene rings is 1. The maximum absolute atomic E-state index is 11.8. The van der Waals surface area contributed by atoms with Crippen LogP contribution >= 0.6 is 34.5 Å². The number of hydrogen-bond donors (Lipinski definition) is 1. The highest BCUT2D eigenvalue weighted by Gasteiger charge is 2.11. The molecule has 1 amide bonds. The van der Waals surface area contributed by atoms with Crippen molar-refractivity contribution in [3.8, 4) is 0 Å². The third-order valence-corrected chi connectivity index (χ3v) is 5.30. The van der Waals surface area contributed by atoms with Gasteiger partial charge in [-0.1, -0.05) is 81.5 Å². The van der Waals surface area contributed by atoms with Crippen molar-refractivity contribution >= 4 is 40.4 Å². The first-order valence-corrected chi connectivity index (χ1v) is 9.45. The minimum absolute atomic E-state index is 0.0756. The Balaban J connectivity index is 1.98. The van der Waals surface area contributed by atoms with Crippen molar-refractivity contribution in [1.82, 2.24) is 5.32 Å². The lowest BCUT2D eigenvalue weighted by Crippen LogP contribution is -2.23. The van der Waals surface area contributed by atoms with Gasteiger partial charge in [-0.3, -0.25) is 4.79 Å². The molecule has 1 aromatic heterocycles. The number of carbonyl (C=O) groups is 1. The van der Waals surface area contributed by atoms with Gasteiger partial charge in [-0.05, 0) is 12.5 Å². The smallest absolute Gasteiger partial charge is 0.261 e. The van der Waals surface area contributed by atoms with Gasteiger partial charge < -0.3 is 5.32 Å². The Labute approximate surface area is 142 Å². The quantitative estimate of drug-likeness (QED) is 0.465. The molecule has 0 saturated heterocycles. The van der Waals surface area contributed by atoms with Gasteiger partial charge in [0.25, 0.3) is 5.91 Å². The average molecular weight is 350 g/mol. The SMILES string of the molecule is CCCCCCCCCCCNC(=O)c1cc(Cl)c(Cl)s1. The largest absolute Gasteiger partial charge is 0.351 e. The van der Waals surface area contributed by atoms with Crippen LogP contribution in [-0.4, -0.2) is 12.5 Å². The molecule has 1 N–H and O–H groups in total. The van der Waals surface area contributed by atoms with E-state index in [2.05, 4.69) is 12.2 Å². The van der Waals surface area contributed by atoms with Gasteiger partial charge in [0.2, 0.25) is 0 Å². The summed E-state index contributed by atoms with van der Waals surface area (Å²) in [7, 11) is 0. The van der Waals surface area contributed by atoms with Crippen LogP contribution in [0, 0.1) is 0 Å². The van der Waals surface area contributed by atoms with E-state index in [1.165, 1.54) is 62.7 Å². The molecule has 0 spiro atoms. The molecule has 0 aliphatic carbocycles. The van der Waals surface area contributed by atoms with E-state index in [1.54, 1.807) is 6.07 Å². The normalized spacial score (nSPS) is 10.8. The van der Waals surface area contributed by atoms with E-state index in [4.69, 9.17) is 23.2 Å². The third kappa shape index (κ3) is 8.08. The highest BCUT2D eigenvalue weighted by Crippen LogP contribution is 2.31. The minimum Gasteiger partial charge on any atom is -0.351 e. The van der Waals surface area contributed by atoms with Crippen molar-refractivity contribution in [2.75, 3.05) is 6.54 Å². The Morgan fingerprint density at radius 3 is 2.14 bits per heavy atom.